The molecule has 14 heavy (non-hydrogen) atoms. The average molecular weight is 210 g/mol. The molecule has 0 aliphatic carbocycles. The van der Waals surface area contributed by atoms with Gasteiger partial charge in [0.1, 0.15) is 16.9 Å². The topological polar surface area (TPSA) is 76.1 Å². The van der Waals surface area contributed by atoms with Gasteiger partial charge in [0.05, 0.1) is 7.11 Å². The van der Waals surface area contributed by atoms with Crippen molar-refractivity contribution in [3.8, 4) is 6.07 Å². The second kappa shape index (κ2) is 4.74. The minimum Gasteiger partial charge on any atom is -0.468 e. The molecule has 0 aliphatic heterocycles. The summed E-state index contributed by atoms with van der Waals surface area (Å²) in [5, 5.41) is 8.61. The Balaban J connectivity index is 2.90. The van der Waals surface area contributed by atoms with Gasteiger partial charge in [-0.15, -0.1) is 11.3 Å². The minimum absolute atomic E-state index is 0.193. The Morgan fingerprint density at radius 3 is 2.93 bits per heavy atom. The van der Waals surface area contributed by atoms with E-state index in [2.05, 4.69) is 4.74 Å². The zero-order chi connectivity index (χ0) is 10.6. The van der Waals surface area contributed by atoms with Gasteiger partial charge in [-0.1, -0.05) is 0 Å². The standard InChI is InChI=1S/C9H10N2O2S/c1-13-9(12)7(5-11)8-3-2-6(4-10)14-8/h2-3,7H,5,11H2,1H3. The third-order valence-electron chi connectivity index (χ3n) is 1.80. The van der Waals surface area contributed by atoms with E-state index >= 15 is 0 Å². The first-order valence-electron chi connectivity index (χ1n) is 4.00. The summed E-state index contributed by atoms with van der Waals surface area (Å²) in [4.78, 5) is 12.6. The van der Waals surface area contributed by atoms with Gasteiger partial charge in [-0.3, -0.25) is 4.79 Å². The molecule has 1 rings (SSSR count). The molecule has 0 spiro atoms. The lowest BCUT2D eigenvalue weighted by atomic mass is 10.1. The van der Waals surface area contributed by atoms with Gasteiger partial charge >= 0.3 is 5.97 Å². The highest BCUT2D eigenvalue weighted by molar-refractivity contribution is 7.12. The first-order valence-corrected chi connectivity index (χ1v) is 4.82. The van der Waals surface area contributed by atoms with E-state index in [1.807, 2.05) is 6.07 Å². The van der Waals surface area contributed by atoms with E-state index in [1.165, 1.54) is 18.4 Å². The molecule has 0 bridgehead atoms. The second-order valence-corrected chi connectivity index (χ2v) is 3.74. The van der Waals surface area contributed by atoms with Gasteiger partial charge < -0.3 is 10.5 Å². The highest BCUT2D eigenvalue weighted by atomic mass is 32.1. The van der Waals surface area contributed by atoms with Crippen molar-refractivity contribution in [2.75, 3.05) is 13.7 Å². The van der Waals surface area contributed by atoms with Crippen molar-refractivity contribution in [1.29, 1.82) is 5.26 Å². The predicted molar refractivity (Wildman–Crippen MR) is 52.8 cm³/mol. The Morgan fingerprint density at radius 2 is 2.50 bits per heavy atom. The maximum atomic E-state index is 11.3. The highest BCUT2D eigenvalue weighted by Gasteiger charge is 2.21. The van der Waals surface area contributed by atoms with Crippen molar-refractivity contribution in [2.24, 2.45) is 5.73 Å². The van der Waals surface area contributed by atoms with Gasteiger partial charge in [-0.05, 0) is 12.1 Å². The molecule has 5 heteroatoms. The van der Waals surface area contributed by atoms with Gasteiger partial charge in [0.2, 0.25) is 0 Å². The van der Waals surface area contributed by atoms with Crippen LogP contribution in [0.1, 0.15) is 15.7 Å². The van der Waals surface area contributed by atoms with Crippen LogP contribution in [0, 0.1) is 11.3 Å². The number of hydrogen-bond donors (Lipinski definition) is 1. The summed E-state index contributed by atoms with van der Waals surface area (Å²) in [6.07, 6.45) is 0. The van der Waals surface area contributed by atoms with E-state index in [0.717, 1.165) is 4.88 Å². The van der Waals surface area contributed by atoms with E-state index in [4.69, 9.17) is 11.0 Å². The van der Waals surface area contributed by atoms with E-state index in [1.54, 1.807) is 12.1 Å². The molecule has 0 saturated carbocycles. The number of thiophene rings is 1. The van der Waals surface area contributed by atoms with Gasteiger partial charge in [-0.25, -0.2) is 0 Å². The SMILES string of the molecule is COC(=O)C(CN)c1ccc(C#N)s1. The van der Waals surface area contributed by atoms with Crippen molar-refractivity contribution in [3.63, 3.8) is 0 Å². The molecular weight excluding hydrogens is 200 g/mol. The van der Waals surface area contributed by atoms with E-state index in [9.17, 15) is 4.79 Å². The van der Waals surface area contributed by atoms with Crippen molar-refractivity contribution >= 4 is 17.3 Å². The van der Waals surface area contributed by atoms with Crippen LogP contribution < -0.4 is 5.73 Å². The largest absolute Gasteiger partial charge is 0.468 e. The summed E-state index contributed by atoms with van der Waals surface area (Å²) in [6.45, 7) is 0.193. The summed E-state index contributed by atoms with van der Waals surface area (Å²) in [7, 11) is 1.32. The molecule has 1 aromatic rings. The first kappa shape index (κ1) is 10.7. The fourth-order valence-corrected chi connectivity index (χ4v) is 1.98. The molecule has 0 saturated heterocycles. The van der Waals surface area contributed by atoms with Crippen molar-refractivity contribution in [2.45, 2.75) is 5.92 Å². The number of esters is 1. The first-order chi connectivity index (χ1) is 6.72. The Kier molecular flexibility index (Phi) is 3.63. The average Bonchev–Trinajstić information content (AvgIpc) is 2.67. The second-order valence-electron chi connectivity index (χ2n) is 2.63. The molecule has 74 valence electrons. The molecule has 2 N–H and O–H groups in total. The molecule has 1 unspecified atom stereocenters. The van der Waals surface area contributed by atoms with Crippen molar-refractivity contribution < 1.29 is 9.53 Å². The zero-order valence-corrected chi connectivity index (χ0v) is 8.50. The van der Waals surface area contributed by atoms with Gasteiger partial charge in [-0.2, -0.15) is 5.26 Å². The van der Waals surface area contributed by atoms with E-state index < -0.39 is 5.92 Å². The summed E-state index contributed by atoms with van der Waals surface area (Å²) in [5.74, 6) is -0.814. The van der Waals surface area contributed by atoms with Crippen LogP contribution in [0.25, 0.3) is 0 Å². The summed E-state index contributed by atoms with van der Waals surface area (Å²) >= 11 is 1.27. The lowest BCUT2D eigenvalue weighted by Gasteiger charge is -2.09. The van der Waals surface area contributed by atoms with Crippen LogP contribution in [-0.2, 0) is 9.53 Å². The molecule has 0 aromatic carbocycles. The maximum absolute atomic E-state index is 11.3. The molecule has 4 nitrogen and oxygen atoms in total. The van der Waals surface area contributed by atoms with Crippen LogP contribution in [-0.4, -0.2) is 19.6 Å². The highest BCUT2D eigenvalue weighted by Crippen LogP contribution is 2.24. The number of rotatable bonds is 3. The smallest absolute Gasteiger partial charge is 0.315 e. The van der Waals surface area contributed by atoms with Crippen molar-refractivity contribution in [1.82, 2.24) is 0 Å². The van der Waals surface area contributed by atoms with Crippen LogP contribution in [0.5, 0.6) is 0 Å². The van der Waals surface area contributed by atoms with Gasteiger partial charge in [0, 0.05) is 11.4 Å². The number of nitriles is 1. The Bertz CT molecular complexity index is 367. The molecule has 1 heterocycles. The van der Waals surface area contributed by atoms with Crippen LogP contribution in [0.2, 0.25) is 0 Å². The lowest BCUT2D eigenvalue weighted by molar-refractivity contribution is -0.142. The number of carbonyl (C=O) groups is 1. The molecule has 0 radical (unpaired) electrons. The van der Waals surface area contributed by atoms with Crippen molar-refractivity contribution in [3.05, 3.63) is 21.9 Å². The fraction of sp³-hybridized carbons (Fsp3) is 0.333. The third kappa shape index (κ3) is 2.10. The third-order valence-corrected chi connectivity index (χ3v) is 2.91. The quantitative estimate of drug-likeness (QED) is 0.750. The summed E-state index contributed by atoms with van der Waals surface area (Å²) in [6, 6.07) is 5.41. The molecular formula is C9H10N2O2S. The fourth-order valence-electron chi connectivity index (χ4n) is 1.07. The lowest BCUT2D eigenvalue weighted by Crippen LogP contribution is -2.21. The number of ether oxygens (including phenoxy) is 1. The summed E-state index contributed by atoms with van der Waals surface area (Å²) in [5.41, 5.74) is 5.45. The number of nitrogens with two attached hydrogens (primary N) is 1. The van der Waals surface area contributed by atoms with E-state index in [-0.39, 0.29) is 12.5 Å². The molecule has 1 atom stereocenters. The van der Waals surface area contributed by atoms with Crippen LogP contribution >= 0.6 is 11.3 Å². The number of hydrogen-bond acceptors (Lipinski definition) is 5. The number of nitrogens with zero attached hydrogens (tertiary/aromatic N) is 1. The number of carbonyl (C=O) groups excluding carboxylic acids is 1. The molecule has 1 aromatic heterocycles. The zero-order valence-electron chi connectivity index (χ0n) is 7.69. The molecule has 0 aliphatic rings. The van der Waals surface area contributed by atoms with Crippen LogP contribution in [0.3, 0.4) is 0 Å². The normalized spacial score (nSPS) is 11.8. The Morgan fingerprint density at radius 1 is 1.79 bits per heavy atom. The predicted octanol–water partition coefficient (Wildman–Crippen LogP) is 0.835. The van der Waals surface area contributed by atoms with Gasteiger partial charge in [0.15, 0.2) is 0 Å². The Labute approximate surface area is 85.9 Å². The number of methoxy groups -OCH3 is 1. The molecule has 0 fully saturated rings. The van der Waals surface area contributed by atoms with Gasteiger partial charge in [0.25, 0.3) is 0 Å². The van der Waals surface area contributed by atoms with Crippen LogP contribution in [0.15, 0.2) is 12.1 Å². The monoisotopic (exact) mass is 210 g/mol. The van der Waals surface area contributed by atoms with E-state index in [0.29, 0.717) is 4.88 Å². The Hall–Kier alpha value is -1.38. The summed E-state index contributed by atoms with van der Waals surface area (Å²) < 4.78 is 4.61. The molecule has 0 amide bonds. The van der Waals surface area contributed by atoms with Crippen LogP contribution in [0.4, 0.5) is 0 Å². The minimum atomic E-state index is -0.452. The maximum Gasteiger partial charge on any atom is 0.315 e.